The SMILES string of the molecule is CCCCNC(=O)C(C)N(Cc1ccc(Cl)c(Cl)c1)C(=O)CN(c1ccc(OC)c(Cl)c1)S(=O)(=O)c1ccc(C)cc1. The second kappa shape index (κ2) is 15.0. The van der Waals surface area contributed by atoms with Crippen LogP contribution in [0.25, 0.3) is 0 Å². The van der Waals surface area contributed by atoms with Crippen LogP contribution in [-0.2, 0) is 26.2 Å². The molecule has 0 heterocycles. The highest BCUT2D eigenvalue weighted by Crippen LogP contribution is 2.32. The smallest absolute Gasteiger partial charge is 0.264 e. The molecular formula is C30H34Cl3N3O5S. The number of unbranched alkanes of at least 4 members (excludes halogenated alkanes) is 1. The number of hydrogen-bond acceptors (Lipinski definition) is 5. The Kier molecular flexibility index (Phi) is 11.9. The van der Waals surface area contributed by atoms with E-state index in [4.69, 9.17) is 39.5 Å². The third-order valence-corrected chi connectivity index (χ3v) is 9.47. The van der Waals surface area contributed by atoms with Crippen molar-refractivity contribution in [1.82, 2.24) is 10.2 Å². The van der Waals surface area contributed by atoms with Crippen molar-refractivity contribution in [3.63, 3.8) is 0 Å². The summed E-state index contributed by atoms with van der Waals surface area (Å²) in [7, 11) is -2.79. The van der Waals surface area contributed by atoms with Gasteiger partial charge in [-0.05, 0) is 68.3 Å². The number of nitrogens with one attached hydrogen (secondary N) is 1. The monoisotopic (exact) mass is 653 g/mol. The quantitative estimate of drug-likeness (QED) is 0.213. The van der Waals surface area contributed by atoms with Crippen LogP contribution in [0.3, 0.4) is 0 Å². The largest absolute Gasteiger partial charge is 0.495 e. The molecule has 1 N–H and O–H groups in total. The van der Waals surface area contributed by atoms with Gasteiger partial charge < -0.3 is 15.0 Å². The maximum atomic E-state index is 14.0. The Morgan fingerprint density at radius 1 is 0.952 bits per heavy atom. The zero-order chi connectivity index (χ0) is 31.0. The summed E-state index contributed by atoms with van der Waals surface area (Å²) in [6.07, 6.45) is 1.66. The topological polar surface area (TPSA) is 96.0 Å². The molecule has 0 fully saturated rings. The first kappa shape index (κ1) is 33.5. The zero-order valence-corrected chi connectivity index (χ0v) is 26.9. The molecule has 0 radical (unpaired) electrons. The summed E-state index contributed by atoms with van der Waals surface area (Å²) >= 11 is 18.7. The van der Waals surface area contributed by atoms with Crippen molar-refractivity contribution >= 4 is 62.3 Å². The highest BCUT2D eigenvalue weighted by molar-refractivity contribution is 7.92. The maximum absolute atomic E-state index is 14.0. The van der Waals surface area contributed by atoms with Gasteiger partial charge in [-0.3, -0.25) is 13.9 Å². The van der Waals surface area contributed by atoms with Crippen molar-refractivity contribution in [3.05, 3.63) is 86.9 Å². The molecule has 42 heavy (non-hydrogen) atoms. The average molecular weight is 655 g/mol. The predicted molar refractivity (Wildman–Crippen MR) is 168 cm³/mol. The maximum Gasteiger partial charge on any atom is 0.264 e. The minimum atomic E-state index is -4.24. The summed E-state index contributed by atoms with van der Waals surface area (Å²) < 4.78 is 34.1. The summed E-state index contributed by atoms with van der Waals surface area (Å²) in [6.45, 7) is 5.28. The number of carbonyl (C=O) groups is 2. The summed E-state index contributed by atoms with van der Waals surface area (Å²) in [5.41, 5.74) is 1.65. The van der Waals surface area contributed by atoms with Gasteiger partial charge in [-0.15, -0.1) is 0 Å². The Labute approximate surface area is 262 Å². The van der Waals surface area contributed by atoms with E-state index in [1.165, 1.54) is 42.3 Å². The fourth-order valence-electron chi connectivity index (χ4n) is 4.13. The lowest BCUT2D eigenvalue weighted by molar-refractivity contribution is -0.139. The molecule has 226 valence electrons. The third kappa shape index (κ3) is 8.31. The molecule has 0 saturated heterocycles. The first-order valence-electron chi connectivity index (χ1n) is 13.3. The number of amides is 2. The van der Waals surface area contributed by atoms with Crippen molar-refractivity contribution in [2.24, 2.45) is 0 Å². The lowest BCUT2D eigenvalue weighted by Crippen LogP contribution is -2.51. The molecule has 3 aromatic carbocycles. The number of benzene rings is 3. The van der Waals surface area contributed by atoms with Gasteiger partial charge in [-0.2, -0.15) is 0 Å². The van der Waals surface area contributed by atoms with Crippen LogP contribution in [-0.4, -0.2) is 51.4 Å². The standard InChI is InChI=1S/C30H34Cl3N3O5S/c1-5-6-15-34-30(38)21(3)35(18-22-9-13-25(31)26(32)16-22)29(37)19-36(23-10-14-28(41-4)27(33)17-23)42(39,40)24-11-7-20(2)8-12-24/h7-14,16-17,21H,5-6,15,18-19H2,1-4H3,(H,34,38). The Morgan fingerprint density at radius 2 is 1.64 bits per heavy atom. The molecule has 3 aromatic rings. The number of nitrogens with zero attached hydrogens (tertiary/aromatic N) is 2. The van der Waals surface area contributed by atoms with Gasteiger partial charge in [0.2, 0.25) is 11.8 Å². The van der Waals surface area contributed by atoms with Crippen molar-refractivity contribution < 1.29 is 22.7 Å². The molecule has 0 aromatic heterocycles. The van der Waals surface area contributed by atoms with E-state index in [-0.39, 0.29) is 33.1 Å². The van der Waals surface area contributed by atoms with E-state index in [0.717, 1.165) is 22.7 Å². The van der Waals surface area contributed by atoms with E-state index in [1.807, 2.05) is 13.8 Å². The third-order valence-electron chi connectivity index (χ3n) is 6.64. The van der Waals surface area contributed by atoms with E-state index in [2.05, 4.69) is 5.32 Å². The summed E-state index contributed by atoms with van der Waals surface area (Å²) in [6, 6.07) is 14.7. The van der Waals surface area contributed by atoms with Crippen LogP contribution in [0.2, 0.25) is 15.1 Å². The summed E-state index contributed by atoms with van der Waals surface area (Å²) in [5, 5.41) is 3.65. The molecular weight excluding hydrogens is 621 g/mol. The predicted octanol–water partition coefficient (Wildman–Crippen LogP) is 6.49. The summed E-state index contributed by atoms with van der Waals surface area (Å²) in [4.78, 5) is 28.4. The van der Waals surface area contributed by atoms with Crippen LogP contribution in [0.15, 0.2) is 65.6 Å². The first-order chi connectivity index (χ1) is 19.9. The number of halogens is 3. The van der Waals surface area contributed by atoms with Gasteiger partial charge >= 0.3 is 0 Å². The van der Waals surface area contributed by atoms with Gasteiger partial charge in [-0.25, -0.2) is 8.42 Å². The van der Waals surface area contributed by atoms with Gasteiger partial charge in [-0.1, -0.05) is 71.9 Å². The minimum Gasteiger partial charge on any atom is -0.495 e. The van der Waals surface area contributed by atoms with Crippen molar-refractivity contribution in [2.45, 2.75) is 51.1 Å². The van der Waals surface area contributed by atoms with Crippen LogP contribution in [0, 0.1) is 6.92 Å². The lowest BCUT2D eigenvalue weighted by Gasteiger charge is -2.32. The van der Waals surface area contributed by atoms with E-state index in [9.17, 15) is 18.0 Å². The number of aryl methyl sites for hydroxylation is 1. The Morgan fingerprint density at radius 3 is 2.24 bits per heavy atom. The van der Waals surface area contributed by atoms with Crippen LogP contribution >= 0.6 is 34.8 Å². The molecule has 0 spiro atoms. The second-order valence-corrected chi connectivity index (χ2v) is 12.8. The van der Waals surface area contributed by atoms with E-state index >= 15 is 0 Å². The number of sulfonamides is 1. The van der Waals surface area contributed by atoms with Crippen molar-refractivity contribution in [2.75, 3.05) is 24.5 Å². The second-order valence-electron chi connectivity index (χ2n) is 9.73. The number of anilines is 1. The first-order valence-corrected chi connectivity index (χ1v) is 15.9. The number of carbonyl (C=O) groups excluding carboxylic acids is 2. The molecule has 2 amide bonds. The molecule has 1 unspecified atom stereocenters. The fourth-order valence-corrected chi connectivity index (χ4v) is 6.11. The van der Waals surface area contributed by atoms with Gasteiger partial charge in [0.15, 0.2) is 0 Å². The Hall–Kier alpha value is -2.98. The average Bonchev–Trinajstić information content (AvgIpc) is 2.96. The molecule has 12 heteroatoms. The lowest BCUT2D eigenvalue weighted by atomic mass is 10.1. The van der Waals surface area contributed by atoms with Crippen LogP contribution in [0.1, 0.15) is 37.8 Å². The number of rotatable bonds is 13. The normalized spacial score (nSPS) is 12.0. The molecule has 3 rings (SSSR count). The fraction of sp³-hybridized carbons (Fsp3) is 0.333. The van der Waals surface area contributed by atoms with Gasteiger partial charge in [0, 0.05) is 13.1 Å². The van der Waals surface area contributed by atoms with Crippen LogP contribution in [0.5, 0.6) is 5.75 Å². The van der Waals surface area contributed by atoms with E-state index in [1.54, 1.807) is 37.3 Å². The van der Waals surface area contributed by atoms with Crippen LogP contribution < -0.4 is 14.4 Å². The van der Waals surface area contributed by atoms with Gasteiger partial charge in [0.1, 0.15) is 18.3 Å². The number of ether oxygens (including phenoxy) is 1. The van der Waals surface area contributed by atoms with E-state index in [0.29, 0.717) is 22.9 Å². The molecule has 0 aliphatic heterocycles. The minimum absolute atomic E-state index is 0.00534. The van der Waals surface area contributed by atoms with Gasteiger partial charge in [0.25, 0.3) is 10.0 Å². The van der Waals surface area contributed by atoms with E-state index < -0.39 is 28.5 Å². The van der Waals surface area contributed by atoms with Crippen molar-refractivity contribution in [3.8, 4) is 5.75 Å². The molecule has 0 aliphatic rings. The highest BCUT2D eigenvalue weighted by Gasteiger charge is 2.33. The Bertz CT molecular complexity index is 1520. The molecule has 0 bridgehead atoms. The van der Waals surface area contributed by atoms with Gasteiger partial charge in [0.05, 0.1) is 32.8 Å². The molecule has 8 nitrogen and oxygen atoms in total. The molecule has 1 atom stereocenters. The Balaban J connectivity index is 2.05. The van der Waals surface area contributed by atoms with Crippen LogP contribution in [0.4, 0.5) is 5.69 Å². The number of hydrogen-bond donors (Lipinski definition) is 1. The molecule has 0 aliphatic carbocycles. The zero-order valence-electron chi connectivity index (χ0n) is 23.9. The van der Waals surface area contributed by atoms with Crippen molar-refractivity contribution in [1.29, 1.82) is 0 Å². The summed E-state index contributed by atoms with van der Waals surface area (Å²) in [5.74, 6) is -0.628. The highest BCUT2D eigenvalue weighted by atomic mass is 35.5. The number of methoxy groups -OCH3 is 1. The molecule has 0 saturated carbocycles.